The molecule has 0 radical (unpaired) electrons. The molecular weight excluding hydrogens is 864 g/mol. The number of hydrogen-bond donors (Lipinski definition) is 1. The fourth-order valence-corrected chi connectivity index (χ4v) is 10.6. The van der Waals surface area contributed by atoms with Crippen molar-refractivity contribution in [2.75, 3.05) is 13.2 Å². The number of alkyl halides is 2. The highest BCUT2D eigenvalue weighted by Gasteiger charge is 2.41. The van der Waals surface area contributed by atoms with Crippen molar-refractivity contribution in [1.29, 1.82) is 0 Å². The van der Waals surface area contributed by atoms with Crippen LogP contribution in [0.3, 0.4) is 0 Å². The lowest BCUT2D eigenvalue weighted by Gasteiger charge is -2.33. The fraction of sp³-hybridized carbons (Fsp3) is 0.742. The number of ether oxygens (including phenoxy) is 2. The molecule has 382 valence electrons. The topological polar surface area (TPSA) is 38.7 Å². The minimum atomic E-state index is -1.40. The van der Waals surface area contributed by atoms with Gasteiger partial charge in [-0.2, -0.15) is 0 Å². The molecule has 1 N–H and O–H groups in total. The van der Waals surface area contributed by atoms with Gasteiger partial charge in [0.2, 0.25) is 0 Å². The summed E-state index contributed by atoms with van der Waals surface area (Å²) in [5, 5.41) is 11.1. The normalized spacial score (nSPS) is 13.8. The number of benzene rings is 2. The Morgan fingerprint density at radius 2 is 0.582 bits per heavy atom. The molecule has 0 saturated carbocycles. The number of para-hydroxylation sites is 2. The second-order valence-electron chi connectivity index (χ2n) is 20.3. The van der Waals surface area contributed by atoms with E-state index in [0.717, 1.165) is 35.5 Å². The van der Waals surface area contributed by atoms with Crippen LogP contribution < -0.4 is 9.47 Å². The molecule has 5 heteroatoms. The molecule has 0 unspecified atom stereocenters. The Labute approximate surface area is 424 Å². The van der Waals surface area contributed by atoms with Crippen LogP contribution in [0.4, 0.5) is 0 Å². The Morgan fingerprint density at radius 1 is 0.358 bits per heavy atom. The van der Waals surface area contributed by atoms with E-state index >= 15 is 0 Å². The lowest BCUT2D eigenvalue weighted by Crippen LogP contribution is -2.25. The van der Waals surface area contributed by atoms with E-state index in [0.29, 0.717) is 24.4 Å². The molecule has 0 heterocycles. The second-order valence-corrected chi connectivity index (χ2v) is 21.7. The van der Waals surface area contributed by atoms with E-state index in [1.54, 1.807) is 12.2 Å². The molecule has 2 aromatic carbocycles. The molecule has 1 aliphatic carbocycles. The molecule has 0 aromatic heterocycles. The van der Waals surface area contributed by atoms with Crippen LogP contribution in [0.5, 0.6) is 11.5 Å². The van der Waals surface area contributed by atoms with Crippen molar-refractivity contribution >= 4 is 34.3 Å². The third-order valence-electron chi connectivity index (χ3n) is 14.2. The summed E-state index contributed by atoms with van der Waals surface area (Å²) in [6, 6.07) is 15.9. The van der Waals surface area contributed by atoms with Crippen molar-refractivity contribution in [3.05, 3.63) is 71.8 Å². The molecule has 0 bridgehead atoms. The first-order chi connectivity index (χ1) is 33.0. The zero-order chi connectivity index (χ0) is 47.7. The van der Waals surface area contributed by atoms with E-state index in [1.807, 2.05) is 48.5 Å². The lowest BCUT2D eigenvalue weighted by molar-refractivity contribution is 0.271. The summed E-state index contributed by atoms with van der Waals surface area (Å²) < 4.78 is 11.4. The molecule has 0 amide bonds. The molecule has 1 aliphatic rings. The van der Waals surface area contributed by atoms with Gasteiger partial charge in [-0.05, 0) is 37.1 Å². The summed E-state index contributed by atoms with van der Waals surface area (Å²) in [7, 11) is 0. The standard InChI is InChI=1S/C62H102Cl2O3/c1-3-5-7-9-11-13-15-17-19-21-23-25-27-29-31-33-35-37-39-45-51-66-60-49-43-41-47-56(60)58-53-55(65)54-59(62(58,63)64)57-48-42-44-50-61(57)67-52-46-40-38-36-34-32-30-28-26-24-22-20-18-16-14-12-10-8-6-4-2/h41-44,47-50,53-55,65H,3-40,45-46,51-52H2,1-2H3. The van der Waals surface area contributed by atoms with Gasteiger partial charge in [-0.1, -0.05) is 317 Å². The van der Waals surface area contributed by atoms with Gasteiger partial charge in [0.25, 0.3) is 0 Å². The van der Waals surface area contributed by atoms with Gasteiger partial charge in [-0.15, -0.1) is 0 Å². The Hall–Kier alpha value is -1.94. The molecule has 67 heavy (non-hydrogen) atoms. The van der Waals surface area contributed by atoms with E-state index < -0.39 is 10.4 Å². The van der Waals surface area contributed by atoms with Gasteiger partial charge < -0.3 is 14.6 Å². The van der Waals surface area contributed by atoms with E-state index in [4.69, 9.17) is 32.7 Å². The minimum absolute atomic E-state index is 0.641. The van der Waals surface area contributed by atoms with Crippen LogP contribution in [0, 0.1) is 0 Å². The monoisotopic (exact) mass is 965 g/mol. The van der Waals surface area contributed by atoms with Crippen LogP contribution in [-0.4, -0.2) is 28.8 Å². The molecule has 0 fully saturated rings. The Morgan fingerprint density at radius 3 is 0.836 bits per heavy atom. The molecule has 3 nitrogen and oxygen atoms in total. The van der Waals surface area contributed by atoms with Gasteiger partial charge in [0.1, 0.15) is 11.5 Å². The second kappa shape index (κ2) is 40.8. The number of rotatable bonds is 46. The molecule has 0 atom stereocenters. The quantitative estimate of drug-likeness (QED) is 0.0531. The highest BCUT2D eigenvalue weighted by atomic mass is 35.5. The van der Waals surface area contributed by atoms with E-state index in [1.165, 1.54) is 244 Å². The summed E-state index contributed by atoms with van der Waals surface area (Å²) in [5.41, 5.74) is 2.91. The number of unbranched alkanes of at least 4 members (excludes halogenated alkanes) is 38. The highest BCUT2D eigenvalue weighted by Crippen LogP contribution is 2.52. The number of aliphatic hydroxyl groups excluding tert-OH is 1. The third-order valence-corrected chi connectivity index (χ3v) is 15.0. The summed E-state index contributed by atoms with van der Waals surface area (Å²) in [5.74, 6) is 1.49. The van der Waals surface area contributed by atoms with Crippen molar-refractivity contribution in [1.82, 2.24) is 0 Å². The Kier molecular flexibility index (Phi) is 36.1. The van der Waals surface area contributed by atoms with Crippen LogP contribution >= 0.6 is 23.2 Å². The first kappa shape index (κ1) is 59.4. The van der Waals surface area contributed by atoms with Crippen molar-refractivity contribution in [3.8, 4) is 11.5 Å². The predicted molar refractivity (Wildman–Crippen MR) is 296 cm³/mol. The van der Waals surface area contributed by atoms with Gasteiger partial charge in [-0.3, -0.25) is 0 Å². The molecule has 2 aromatic rings. The lowest BCUT2D eigenvalue weighted by atomic mass is 9.86. The van der Waals surface area contributed by atoms with Crippen molar-refractivity contribution in [2.24, 2.45) is 0 Å². The fourth-order valence-electron chi connectivity index (χ4n) is 9.97. The summed E-state index contributed by atoms with van der Waals surface area (Å²) in [4.78, 5) is 0. The zero-order valence-electron chi connectivity index (χ0n) is 43.6. The van der Waals surface area contributed by atoms with Crippen molar-refractivity contribution < 1.29 is 14.6 Å². The number of allylic oxidation sites excluding steroid dienone is 2. The van der Waals surface area contributed by atoms with Crippen LogP contribution in [0.15, 0.2) is 60.7 Å². The Balaban J connectivity index is 1.26. The maximum Gasteiger partial charge on any atom is 0.169 e. The average molecular weight is 966 g/mol. The Bertz CT molecular complexity index is 1410. The maximum absolute atomic E-state index is 11.1. The van der Waals surface area contributed by atoms with E-state index in [-0.39, 0.29) is 0 Å². The zero-order valence-corrected chi connectivity index (χ0v) is 45.1. The number of hydrogen-bond acceptors (Lipinski definition) is 3. The summed E-state index contributed by atoms with van der Waals surface area (Å²) >= 11 is 14.7. The van der Waals surface area contributed by atoms with E-state index in [2.05, 4.69) is 13.8 Å². The van der Waals surface area contributed by atoms with Crippen LogP contribution in [-0.2, 0) is 0 Å². The van der Waals surface area contributed by atoms with E-state index in [9.17, 15) is 5.11 Å². The molecule has 3 rings (SSSR count). The van der Waals surface area contributed by atoms with Gasteiger partial charge in [0.15, 0.2) is 4.33 Å². The van der Waals surface area contributed by atoms with Crippen LogP contribution in [0.1, 0.15) is 282 Å². The predicted octanol–water partition coefficient (Wildman–Crippen LogP) is 21.1. The average Bonchev–Trinajstić information content (AvgIpc) is 3.33. The van der Waals surface area contributed by atoms with Gasteiger partial charge >= 0.3 is 0 Å². The number of aliphatic hydroxyl groups is 1. The van der Waals surface area contributed by atoms with Crippen molar-refractivity contribution in [2.45, 2.75) is 281 Å². The largest absolute Gasteiger partial charge is 0.493 e. The maximum atomic E-state index is 11.1. The van der Waals surface area contributed by atoms with Crippen LogP contribution in [0.25, 0.3) is 11.1 Å². The molecular formula is C62H102Cl2O3. The first-order valence-electron chi connectivity index (χ1n) is 28.9. The SMILES string of the molecule is CCCCCCCCCCCCCCCCCCCCCCOc1ccccc1C1=CC(O)C=C(c2ccccc2OCCCCCCCCCCCCCCCCCCCCCC)C1(Cl)Cl. The third kappa shape index (κ3) is 27.9. The summed E-state index contributed by atoms with van der Waals surface area (Å²) in [6.45, 7) is 5.88. The summed E-state index contributed by atoms with van der Waals surface area (Å²) in [6.07, 6.45) is 57.4. The van der Waals surface area contributed by atoms with Crippen LogP contribution in [0.2, 0.25) is 0 Å². The van der Waals surface area contributed by atoms with Gasteiger partial charge in [-0.25, -0.2) is 0 Å². The molecule has 0 saturated heterocycles. The highest BCUT2D eigenvalue weighted by molar-refractivity contribution is 6.60. The number of halogens is 2. The molecule has 0 spiro atoms. The smallest absolute Gasteiger partial charge is 0.169 e. The van der Waals surface area contributed by atoms with Gasteiger partial charge in [0, 0.05) is 22.3 Å². The molecule has 0 aliphatic heterocycles. The van der Waals surface area contributed by atoms with Gasteiger partial charge in [0.05, 0.1) is 19.3 Å². The van der Waals surface area contributed by atoms with Crippen molar-refractivity contribution in [3.63, 3.8) is 0 Å². The first-order valence-corrected chi connectivity index (χ1v) is 29.7. The minimum Gasteiger partial charge on any atom is -0.493 e.